The Hall–Kier alpha value is -8.77. The molecule has 3 aliphatic rings. The van der Waals surface area contributed by atoms with Crippen molar-refractivity contribution in [2.24, 2.45) is 62.2 Å². The Labute approximate surface area is 551 Å². The van der Waals surface area contributed by atoms with Crippen molar-refractivity contribution >= 4 is 47.1 Å². The van der Waals surface area contributed by atoms with E-state index in [1.165, 1.54) is 14.2 Å². The van der Waals surface area contributed by atoms with Gasteiger partial charge in [0.15, 0.2) is 0 Å². The SMILES string of the molecule is COc1ccccc1C(=O)NC1=N/C(=C\c2[nH]c(NC(=O)c3ccccc3OC)c(C(=O)OC3C(C(C)(C)C)CC(C)CC3C(C)(C)C)c2-c2ccc(-c3ccccc3)cc2)C(c2ccc(-c3ccccc3)cc2)=C1C(=O)OC1C(C(C)(C)C)CC(C)CC1C(C)(C)C. The lowest BCUT2D eigenvalue weighted by Gasteiger charge is -2.50. The van der Waals surface area contributed by atoms with Crippen molar-refractivity contribution in [3.8, 4) is 44.9 Å². The minimum atomic E-state index is -0.650. The molecule has 2 amide bonds. The van der Waals surface area contributed by atoms with E-state index in [1.807, 2.05) is 109 Å². The van der Waals surface area contributed by atoms with E-state index in [4.69, 9.17) is 23.9 Å². The predicted octanol–water partition coefficient (Wildman–Crippen LogP) is 18.9. The molecular formula is C81H94N4O8. The molecule has 7 aromatic rings. The summed E-state index contributed by atoms with van der Waals surface area (Å²) < 4.78 is 25.8. The number of nitrogens with one attached hydrogen (secondary N) is 3. The summed E-state index contributed by atoms with van der Waals surface area (Å²) in [4.78, 5) is 71.5. The van der Waals surface area contributed by atoms with Gasteiger partial charge in [0.05, 0.1) is 36.7 Å². The van der Waals surface area contributed by atoms with Gasteiger partial charge in [0.1, 0.15) is 46.5 Å². The summed E-state index contributed by atoms with van der Waals surface area (Å²) in [5.74, 6) is -0.974. The number of amides is 2. The van der Waals surface area contributed by atoms with E-state index >= 15 is 14.4 Å². The standard InChI is InChI=1S/C81H94N4O8/c1-48-43-58(78(3,4)5)70(59(44-48)79(6,7)8)92-76(88)68-66(54-39-35-52(36-40-54)50-27-19-17-20-28-50)62(82-72(68)84-74(86)56-31-23-25-33-64(56)90-15)47-63-67(55-41-37-53(38-42-55)51-29-21-18-22-30-51)69(73(83-63)85-75(87)57-32-24-26-34-65(57)91-16)77(89)93-71-60(80(9,10)11)45-49(2)46-61(71)81(12,13)14/h17-42,47-49,58-61,70-71,82H,43-46H2,1-16H3,(H,84,86)(H,83,85,87)/b63-47-. The molecule has 0 saturated heterocycles. The van der Waals surface area contributed by atoms with Gasteiger partial charge in [-0.25, -0.2) is 14.6 Å². The molecule has 12 heteroatoms. The average molecular weight is 1250 g/mol. The van der Waals surface area contributed by atoms with E-state index in [0.717, 1.165) is 47.9 Å². The van der Waals surface area contributed by atoms with E-state index in [1.54, 1.807) is 54.6 Å². The lowest BCUT2D eigenvalue weighted by atomic mass is 9.59. The first-order valence-electron chi connectivity index (χ1n) is 33.0. The number of allylic oxidation sites excluding steroid dienone is 1. The zero-order valence-electron chi connectivity index (χ0n) is 57.2. The van der Waals surface area contributed by atoms with Crippen molar-refractivity contribution in [2.75, 3.05) is 19.5 Å². The lowest BCUT2D eigenvalue weighted by molar-refractivity contribution is -0.164. The summed E-state index contributed by atoms with van der Waals surface area (Å²) >= 11 is 0. The number of nitrogens with zero attached hydrogens (tertiary/aromatic N) is 1. The Morgan fingerprint density at radius 3 is 1.25 bits per heavy atom. The van der Waals surface area contributed by atoms with Crippen LogP contribution in [0.3, 0.4) is 0 Å². The third kappa shape index (κ3) is 14.7. The molecule has 3 N–H and O–H groups in total. The van der Waals surface area contributed by atoms with Crippen LogP contribution in [-0.4, -0.2) is 61.0 Å². The number of hydrogen-bond donors (Lipinski definition) is 3. The maximum Gasteiger partial charge on any atom is 0.342 e. The van der Waals surface area contributed by atoms with Crippen molar-refractivity contribution in [2.45, 2.75) is 135 Å². The molecule has 0 radical (unpaired) electrons. The minimum absolute atomic E-state index is 0.0130. The number of esters is 2. The molecule has 4 atom stereocenters. The number of H-pyrrole nitrogens is 1. The maximum atomic E-state index is 16.3. The van der Waals surface area contributed by atoms with Crippen molar-refractivity contribution in [1.82, 2.24) is 10.3 Å². The van der Waals surface area contributed by atoms with Crippen molar-refractivity contribution in [1.29, 1.82) is 0 Å². The van der Waals surface area contributed by atoms with Gasteiger partial charge < -0.3 is 34.6 Å². The Morgan fingerprint density at radius 2 is 0.828 bits per heavy atom. The summed E-state index contributed by atoms with van der Waals surface area (Å²) in [6.45, 7) is 31.2. The van der Waals surface area contributed by atoms with Crippen LogP contribution in [-0.2, 0) is 14.3 Å². The number of amidine groups is 1. The summed E-state index contributed by atoms with van der Waals surface area (Å²) in [5, 5.41) is 6.24. The first kappa shape index (κ1) is 67.1. The number of carbonyl (C=O) groups excluding carboxylic acids is 4. The third-order valence-corrected chi connectivity index (χ3v) is 19.6. The largest absolute Gasteiger partial charge is 0.496 e. The van der Waals surface area contributed by atoms with Crippen LogP contribution in [0.4, 0.5) is 5.82 Å². The highest BCUT2D eigenvalue weighted by molar-refractivity contribution is 6.32. The minimum Gasteiger partial charge on any atom is -0.496 e. The smallest absolute Gasteiger partial charge is 0.342 e. The van der Waals surface area contributed by atoms with Gasteiger partial charge in [-0.2, -0.15) is 0 Å². The second-order valence-electron chi connectivity index (χ2n) is 30.4. The normalized spacial score (nSPS) is 21.6. The molecule has 10 rings (SSSR count). The zero-order valence-corrected chi connectivity index (χ0v) is 57.2. The van der Waals surface area contributed by atoms with Crippen LogP contribution in [0.5, 0.6) is 11.5 Å². The summed E-state index contributed by atoms with van der Waals surface area (Å²) in [6.07, 6.45) is 4.20. The molecule has 2 heterocycles. The van der Waals surface area contributed by atoms with Gasteiger partial charge in [-0.15, -0.1) is 0 Å². The van der Waals surface area contributed by atoms with Crippen LogP contribution < -0.4 is 20.1 Å². The number of ether oxygens (including phenoxy) is 4. The number of carbonyl (C=O) groups is 4. The van der Waals surface area contributed by atoms with Crippen molar-refractivity contribution < 1.29 is 38.1 Å². The van der Waals surface area contributed by atoms with Crippen LogP contribution in [0.15, 0.2) is 174 Å². The molecule has 0 spiro atoms. The van der Waals surface area contributed by atoms with E-state index in [9.17, 15) is 4.79 Å². The highest BCUT2D eigenvalue weighted by atomic mass is 16.5. The monoisotopic (exact) mass is 1250 g/mol. The number of benzene rings is 6. The number of methoxy groups -OCH3 is 2. The molecule has 1 aliphatic heterocycles. The Morgan fingerprint density at radius 1 is 0.462 bits per heavy atom. The third-order valence-electron chi connectivity index (χ3n) is 19.6. The van der Waals surface area contributed by atoms with E-state index < -0.39 is 36.0 Å². The quantitative estimate of drug-likeness (QED) is 0.0909. The van der Waals surface area contributed by atoms with Gasteiger partial charge in [0, 0.05) is 34.8 Å². The molecule has 6 aromatic carbocycles. The fraction of sp³-hybridized carbons (Fsp3) is 0.395. The molecule has 4 unspecified atom stereocenters. The number of para-hydroxylation sites is 2. The molecule has 2 fully saturated rings. The Bertz CT molecular complexity index is 3910. The number of hydrogen-bond acceptors (Lipinski definition) is 9. The molecule has 2 saturated carbocycles. The fourth-order valence-electron chi connectivity index (χ4n) is 14.6. The second-order valence-corrected chi connectivity index (χ2v) is 30.4. The molecule has 0 bridgehead atoms. The van der Waals surface area contributed by atoms with Crippen molar-refractivity contribution in [3.63, 3.8) is 0 Å². The molecule has 486 valence electrons. The van der Waals surface area contributed by atoms with Crippen LogP contribution in [0, 0.1) is 57.2 Å². The highest BCUT2D eigenvalue weighted by Crippen LogP contribution is 2.53. The van der Waals surface area contributed by atoms with Gasteiger partial charge in [-0.1, -0.05) is 230 Å². The summed E-state index contributed by atoms with van der Waals surface area (Å²) in [5.41, 5.74) is 6.12. The Kier molecular flexibility index (Phi) is 19.5. The highest BCUT2D eigenvalue weighted by Gasteiger charge is 2.51. The number of anilines is 1. The topological polar surface area (TPSA) is 157 Å². The van der Waals surface area contributed by atoms with Crippen LogP contribution >= 0.6 is 0 Å². The van der Waals surface area contributed by atoms with Gasteiger partial charge >= 0.3 is 11.9 Å². The summed E-state index contributed by atoms with van der Waals surface area (Å²) in [7, 11) is 3.01. The first-order chi connectivity index (χ1) is 44.0. The van der Waals surface area contributed by atoms with Crippen LogP contribution in [0.25, 0.3) is 45.0 Å². The average Bonchev–Trinajstić information content (AvgIpc) is 1.54. The number of rotatable bonds is 14. The molecule has 93 heavy (non-hydrogen) atoms. The molecule has 12 nitrogen and oxygen atoms in total. The van der Waals surface area contributed by atoms with Crippen LogP contribution in [0.1, 0.15) is 165 Å². The fourth-order valence-corrected chi connectivity index (χ4v) is 14.6. The second kappa shape index (κ2) is 27.1. The number of aliphatic imine (C=N–C) groups is 1. The molecule has 2 aliphatic carbocycles. The van der Waals surface area contributed by atoms with E-state index in [0.29, 0.717) is 51.3 Å². The predicted molar refractivity (Wildman–Crippen MR) is 375 cm³/mol. The Balaban J connectivity index is 1.26. The molecular weight excluding hydrogens is 1160 g/mol. The van der Waals surface area contributed by atoms with Crippen molar-refractivity contribution in [3.05, 3.63) is 197 Å². The maximum absolute atomic E-state index is 16.3. The molecule has 1 aromatic heterocycles. The number of aromatic nitrogens is 1. The van der Waals surface area contributed by atoms with Crippen LogP contribution in [0.2, 0.25) is 0 Å². The van der Waals surface area contributed by atoms with E-state index in [-0.39, 0.29) is 84.9 Å². The first-order valence-corrected chi connectivity index (χ1v) is 33.0. The van der Waals surface area contributed by atoms with Gasteiger partial charge in [0.2, 0.25) is 0 Å². The lowest BCUT2D eigenvalue weighted by Crippen LogP contribution is -2.50. The van der Waals surface area contributed by atoms with Gasteiger partial charge in [-0.3, -0.25) is 9.59 Å². The number of aromatic amines is 1. The summed E-state index contributed by atoms with van der Waals surface area (Å²) in [6, 6.07) is 49.8. The van der Waals surface area contributed by atoms with Gasteiger partial charge in [0.25, 0.3) is 11.8 Å². The van der Waals surface area contributed by atoms with Gasteiger partial charge in [-0.05, 0) is 123 Å². The van der Waals surface area contributed by atoms with E-state index in [2.05, 4.69) is 113 Å². The zero-order chi connectivity index (χ0) is 66.9.